The van der Waals surface area contributed by atoms with Gasteiger partial charge in [0, 0.05) is 87.7 Å². The molecule has 0 radical (unpaired) electrons. The lowest BCUT2D eigenvalue weighted by molar-refractivity contribution is 0.0306. The molecule has 2 heterocycles. The molecule has 0 spiro atoms. The number of ether oxygens (including phenoxy) is 2. The lowest BCUT2D eigenvalue weighted by Crippen LogP contribution is -2.57. The van der Waals surface area contributed by atoms with Gasteiger partial charge in [-0.3, -0.25) is 29.2 Å². The van der Waals surface area contributed by atoms with Crippen LogP contribution in [0.25, 0.3) is 0 Å². The SMILES string of the molecule is C=CCN1CC(C)N(C(c2ccc(C(=O)NCCOCCOCCNC(=O)c3ccc(C(c4cccc(O)c4)N4CC(C)N(CC=C)CC4C)cc3)cc2)c2cccc(O)c2)CC1C. The summed E-state index contributed by atoms with van der Waals surface area (Å²) in [4.78, 5) is 35.9. The number of nitrogens with one attached hydrogen (secondary N) is 2. The predicted octanol–water partition coefficient (Wildman–Crippen LogP) is 6.63. The first-order valence-corrected chi connectivity index (χ1v) is 22.7. The van der Waals surface area contributed by atoms with Crippen LogP contribution in [0.3, 0.4) is 0 Å². The number of carbonyl (C=O) groups is 2. The number of hydrogen-bond acceptors (Lipinski definition) is 10. The van der Waals surface area contributed by atoms with Crippen molar-refractivity contribution in [1.82, 2.24) is 30.2 Å². The highest BCUT2D eigenvalue weighted by Crippen LogP contribution is 2.36. The second-order valence-electron chi connectivity index (χ2n) is 17.3. The van der Waals surface area contributed by atoms with E-state index >= 15 is 0 Å². The van der Waals surface area contributed by atoms with Gasteiger partial charge >= 0.3 is 0 Å². The normalized spacial score (nSPS) is 20.9. The van der Waals surface area contributed by atoms with Crippen molar-refractivity contribution in [3.8, 4) is 11.5 Å². The second-order valence-corrected chi connectivity index (χ2v) is 17.3. The van der Waals surface area contributed by atoms with Gasteiger partial charge in [-0.1, -0.05) is 60.7 Å². The van der Waals surface area contributed by atoms with E-state index < -0.39 is 0 Å². The van der Waals surface area contributed by atoms with Crippen LogP contribution in [0.15, 0.2) is 122 Å². The Morgan fingerprint density at radius 2 is 0.969 bits per heavy atom. The fourth-order valence-electron chi connectivity index (χ4n) is 9.18. The molecule has 2 aliphatic heterocycles. The number of carbonyl (C=O) groups excluding carboxylic acids is 2. The summed E-state index contributed by atoms with van der Waals surface area (Å²) in [5.41, 5.74) is 5.25. The topological polar surface area (TPSA) is 130 Å². The van der Waals surface area contributed by atoms with Crippen LogP contribution >= 0.6 is 0 Å². The van der Waals surface area contributed by atoms with Crippen molar-refractivity contribution in [3.05, 3.63) is 156 Å². The van der Waals surface area contributed by atoms with E-state index in [0.717, 1.165) is 61.5 Å². The molecule has 0 aromatic heterocycles. The van der Waals surface area contributed by atoms with E-state index in [-0.39, 0.29) is 47.5 Å². The van der Waals surface area contributed by atoms with Crippen molar-refractivity contribution in [3.63, 3.8) is 0 Å². The van der Waals surface area contributed by atoms with Gasteiger partial charge < -0.3 is 30.3 Å². The number of hydrogen-bond donors (Lipinski definition) is 4. The van der Waals surface area contributed by atoms with Gasteiger partial charge in [-0.2, -0.15) is 0 Å². The van der Waals surface area contributed by atoms with Gasteiger partial charge in [0.15, 0.2) is 0 Å². The highest BCUT2D eigenvalue weighted by molar-refractivity contribution is 5.94. The van der Waals surface area contributed by atoms with Crippen molar-refractivity contribution in [2.75, 3.05) is 78.8 Å². The Hall–Kier alpha value is -5.34. The molecule has 0 bridgehead atoms. The third-order valence-electron chi connectivity index (χ3n) is 12.5. The summed E-state index contributed by atoms with van der Waals surface area (Å²) in [6.45, 7) is 24.1. The molecule has 2 amide bonds. The van der Waals surface area contributed by atoms with Crippen molar-refractivity contribution in [1.29, 1.82) is 0 Å². The van der Waals surface area contributed by atoms with Crippen LogP contribution in [-0.4, -0.2) is 145 Å². The van der Waals surface area contributed by atoms with Crippen LogP contribution in [0.1, 0.15) is 82.7 Å². The summed E-state index contributed by atoms with van der Waals surface area (Å²) < 4.78 is 11.4. The third kappa shape index (κ3) is 12.7. The van der Waals surface area contributed by atoms with Crippen molar-refractivity contribution >= 4 is 11.8 Å². The molecule has 4 N–H and O–H groups in total. The molecule has 12 nitrogen and oxygen atoms in total. The summed E-state index contributed by atoms with van der Waals surface area (Å²) in [5, 5.41) is 26.6. The van der Waals surface area contributed by atoms with E-state index in [0.29, 0.717) is 62.7 Å². The molecule has 2 fully saturated rings. The number of nitrogens with zero attached hydrogens (tertiary/aromatic N) is 4. The van der Waals surface area contributed by atoms with Crippen LogP contribution in [0.5, 0.6) is 11.5 Å². The van der Waals surface area contributed by atoms with Crippen molar-refractivity contribution in [2.45, 2.75) is 63.9 Å². The van der Waals surface area contributed by atoms with E-state index in [2.05, 4.69) is 71.1 Å². The summed E-state index contributed by atoms with van der Waals surface area (Å²) in [6, 6.07) is 31.4. The molecular formula is C52H68N6O6. The van der Waals surface area contributed by atoms with Gasteiger partial charge in [-0.05, 0) is 98.5 Å². The van der Waals surface area contributed by atoms with Crippen LogP contribution in [0.2, 0.25) is 0 Å². The summed E-state index contributed by atoms with van der Waals surface area (Å²) in [6.07, 6.45) is 3.91. The minimum Gasteiger partial charge on any atom is -0.508 e. The molecule has 6 rings (SSSR count). The maximum Gasteiger partial charge on any atom is 0.251 e. The number of phenols is 2. The van der Waals surface area contributed by atoms with Crippen LogP contribution < -0.4 is 10.6 Å². The van der Waals surface area contributed by atoms with Crippen LogP contribution in [0.4, 0.5) is 0 Å². The van der Waals surface area contributed by atoms with E-state index in [9.17, 15) is 19.8 Å². The van der Waals surface area contributed by atoms with Gasteiger partial charge in [0.1, 0.15) is 11.5 Å². The maximum atomic E-state index is 13.0. The molecule has 6 unspecified atom stereocenters. The average molecular weight is 873 g/mol. The van der Waals surface area contributed by atoms with Gasteiger partial charge in [-0.25, -0.2) is 0 Å². The van der Waals surface area contributed by atoms with E-state index in [1.807, 2.05) is 97.1 Å². The maximum absolute atomic E-state index is 13.0. The molecule has 2 aliphatic rings. The Labute approximate surface area is 380 Å². The second kappa shape index (κ2) is 23.5. The molecule has 0 saturated carbocycles. The minimum atomic E-state index is -0.177. The summed E-state index contributed by atoms with van der Waals surface area (Å²) >= 11 is 0. The molecule has 2 saturated heterocycles. The van der Waals surface area contributed by atoms with Gasteiger partial charge in [0.2, 0.25) is 0 Å². The van der Waals surface area contributed by atoms with Gasteiger partial charge in [-0.15, -0.1) is 13.2 Å². The number of piperazine rings is 2. The standard InChI is InChI=1S/C52H68N6O6/c1-7-25-55-33-39(5)57(35-37(55)3)49(45-11-9-13-47(59)31-45)41-15-19-43(20-16-41)51(61)53-23-27-63-29-30-64-28-24-54-52(62)44-21-17-42(18-22-44)50(46-12-10-14-48(60)32-46)58-36-38(4)56(26-8-2)34-40(58)6/h7-22,31-32,37-40,49-50,59-60H,1-2,23-30,33-36H2,3-6H3,(H,53,61)(H,54,62). The summed E-state index contributed by atoms with van der Waals surface area (Å²) in [7, 11) is 0. The largest absolute Gasteiger partial charge is 0.508 e. The highest BCUT2D eigenvalue weighted by Gasteiger charge is 2.36. The quantitative estimate of drug-likeness (QED) is 0.0535. The number of benzene rings is 4. The molecular weight excluding hydrogens is 805 g/mol. The van der Waals surface area contributed by atoms with Crippen LogP contribution in [0, 0.1) is 0 Å². The lowest BCUT2D eigenvalue weighted by atomic mass is 9.92. The molecule has 6 atom stereocenters. The minimum absolute atomic E-state index is 0.0814. The third-order valence-corrected chi connectivity index (χ3v) is 12.5. The van der Waals surface area contributed by atoms with E-state index in [1.165, 1.54) is 0 Å². The number of phenolic OH excluding ortho intramolecular Hbond substituents is 2. The molecule has 342 valence electrons. The Kier molecular flexibility index (Phi) is 17.7. The monoisotopic (exact) mass is 873 g/mol. The number of rotatable bonds is 21. The fraction of sp³-hybridized carbons (Fsp3) is 0.423. The molecule has 64 heavy (non-hydrogen) atoms. The zero-order chi connectivity index (χ0) is 45.6. The first-order valence-electron chi connectivity index (χ1n) is 22.7. The molecule has 4 aromatic carbocycles. The fourth-order valence-corrected chi connectivity index (χ4v) is 9.18. The Morgan fingerprint density at radius 3 is 1.33 bits per heavy atom. The zero-order valence-electron chi connectivity index (χ0n) is 38.1. The smallest absolute Gasteiger partial charge is 0.251 e. The Bertz CT molecular complexity index is 1980. The Morgan fingerprint density at radius 1 is 0.578 bits per heavy atom. The first-order chi connectivity index (χ1) is 31.0. The van der Waals surface area contributed by atoms with E-state index in [1.54, 1.807) is 12.1 Å². The first kappa shape index (κ1) is 48.1. The average Bonchev–Trinajstić information content (AvgIpc) is 3.28. The van der Waals surface area contributed by atoms with Crippen molar-refractivity contribution in [2.24, 2.45) is 0 Å². The zero-order valence-corrected chi connectivity index (χ0v) is 38.1. The van der Waals surface area contributed by atoms with Gasteiger partial charge in [0.05, 0.1) is 38.5 Å². The van der Waals surface area contributed by atoms with E-state index in [4.69, 9.17) is 9.47 Å². The molecule has 12 heteroatoms. The van der Waals surface area contributed by atoms with Crippen molar-refractivity contribution < 1.29 is 29.3 Å². The predicted molar refractivity (Wildman–Crippen MR) is 254 cm³/mol. The van der Waals surface area contributed by atoms with Crippen LogP contribution in [-0.2, 0) is 9.47 Å². The number of amides is 2. The highest BCUT2D eigenvalue weighted by atomic mass is 16.5. The lowest BCUT2D eigenvalue weighted by Gasteiger charge is -2.47. The van der Waals surface area contributed by atoms with Gasteiger partial charge in [0.25, 0.3) is 11.8 Å². The molecule has 0 aliphatic carbocycles. The molecule has 4 aromatic rings. The number of aromatic hydroxyl groups is 2. The Balaban J connectivity index is 0.906. The summed E-state index contributed by atoms with van der Waals surface area (Å²) in [5.74, 6) is 0.105.